The molecule has 0 aliphatic carbocycles. The predicted octanol–water partition coefficient (Wildman–Crippen LogP) is -1.13. The van der Waals surface area contributed by atoms with E-state index in [4.69, 9.17) is 5.26 Å². The lowest BCUT2D eigenvalue weighted by Gasteiger charge is -2.34. The van der Waals surface area contributed by atoms with Crippen molar-refractivity contribution in [3.05, 3.63) is 0 Å². The van der Waals surface area contributed by atoms with Crippen LogP contribution < -0.4 is 5.32 Å². The van der Waals surface area contributed by atoms with Gasteiger partial charge in [-0.3, -0.25) is 9.69 Å². The SMILES string of the molecule is CN(C)C(=O)C1CNCCN1CC#N. The van der Waals surface area contributed by atoms with Crippen LogP contribution in [0.4, 0.5) is 0 Å². The van der Waals surface area contributed by atoms with Gasteiger partial charge in [-0.25, -0.2) is 0 Å². The summed E-state index contributed by atoms with van der Waals surface area (Å²) in [6, 6.07) is 1.91. The fourth-order valence-electron chi connectivity index (χ4n) is 1.57. The second-order valence-electron chi connectivity index (χ2n) is 3.58. The molecule has 1 unspecified atom stereocenters. The van der Waals surface area contributed by atoms with Gasteiger partial charge < -0.3 is 10.2 Å². The minimum atomic E-state index is -0.182. The molecular formula is C9H16N4O. The average molecular weight is 196 g/mol. The molecule has 1 heterocycles. The minimum Gasteiger partial charge on any atom is -0.347 e. The number of piperazine rings is 1. The highest BCUT2D eigenvalue weighted by Crippen LogP contribution is 2.04. The molecule has 0 aromatic heterocycles. The van der Waals surface area contributed by atoms with Crippen LogP contribution >= 0.6 is 0 Å². The second-order valence-corrected chi connectivity index (χ2v) is 3.58. The number of amides is 1. The van der Waals surface area contributed by atoms with Crippen molar-refractivity contribution in [3.63, 3.8) is 0 Å². The average Bonchev–Trinajstić information content (AvgIpc) is 2.18. The van der Waals surface area contributed by atoms with Gasteiger partial charge in [0.2, 0.25) is 5.91 Å². The van der Waals surface area contributed by atoms with Crippen LogP contribution in [0.25, 0.3) is 0 Å². The Bertz CT molecular complexity index is 246. The number of hydrogen-bond donors (Lipinski definition) is 1. The third-order valence-corrected chi connectivity index (χ3v) is 2.35. The zero-order valence-corrected chi connectivity index (χ0v) is 8.66. The molecule has 1 rings (SSSR count). The molecule has 1 atom stereocenters. The number of rotatable bonds is 2. The van der Waals surface area contributed by atoms with Crippen molar-refractivity contribution in [2.45, 2.75) is 6.04 Å². The third kappa shape index (κ3) is 2.44. The van der Waals surface area contributed by atoms with Crippen LogP contribution in [0.3, 0.4) is 0 Å². The molecule has 14 heavy (non-hydrogen) atoms. The van der Waals surface area contributed by atoms with Gasteiger partial charge in [-0.15, -0.1) is 0 Å². The first kappa shape index (κ1) is 11.0. The summed E-state index contributed by atoms with van der Waals surface area (Å²) in [5.41, 5.74) is 0. The fraction of sp³-hybridized carbons (Fsp3) is 0.778. The van der Waals surface area contributed by atoms with Crippen molar-refractivity contribution in [1.82, 2.24) is 15.1 Å². The maximum Gasteiger partial charge on any atom is 0.240 e. The van der Waals surface area contributed by atoms with Crippen LogP contribution in [-0.4, -0.2) is 62.0 Å². The van der Waals surface area contributed by atoms with E-state index in [0.29, 0.717) is 13.1 Å². The van der Waals surface area contributed by atoms with E-state index >= 15 is 0 Å². The molecule has 0 aromatic carbocycles. The Morgan fingerprint density at radius 2 is 2.43 bits per heavy atom. The minimum absolute atomic E-state index is 0.0625. The first-order chi connectivity index (χ1) is 6.66. The highest BCUT2D eigenvalue weighted by atomic mass is 16.2. The van der Waals surface area contributed by atoms with E-state index in [0.717, 1.165) is 13.1 Å². The Kier molecular flexibility index (Phi) is 3.86. The van der Waals surface area contributed by atoms with Crippen molar-refractivity contribution < 1.29 is 4.79 Å². The van der Waals surface area contributed by atoms with E-state index < -0.39 is 0 Å². The van der Waals surface area contributed by atoms with Crippen molar-refractivity contribution in [2.75, 3.05) is 40.3 Å². The predicted molar refractivity (Wildman–Crippen MR) is 52.5 cm³/mol. The Morgan fingerprint density at radius 1 is 1.71 bits per heavy atom. The quantitative estimate of drug-likeness (QED) is 0.568. The summed E-state index contributed by atoms with van der Waals surface area (Å²) in [5.74, 6) is 0.0625. The van der Waals surface area contributed by atoms with Crippen LogP contribution in [0.5, 0.6) is 0 Å². The first-order valence-corrected chi connectivity index (χ1v) is 4.69. The Labute approximate surface area is 84.3 Å². The maximum absolute atomic E-state index is 11.7. The molecule has 1 N–H and O–H groups in total. The zero-order valence-electron chi connectivity index (χ0n) is 8.66. The Hall–Kier alpha value is -1.12. The van der Waals surface area contributed by atoms with Crippen LogP contribution in [-0.2, 0) is 4.79 Å². The summed E-state index contributed by atoms with van der Waals surface area (Å²) in [6.07, 6.45) is 0. The summed E-state index contributed by atoms with van der Waals surface area (Å²) in [7, 11) is 3.48. The van der Waals surface area contributed by atoms with Gasteiger partial charge in [0.05, 0.1) is 12.6 Å². The zero-order chi connectivity index (χ0) is 10.6. The standard InChI is InChI=1S/C9H16N4O/c1-12(2)9(14)8-7-11-4-6-13(8)5-3-10/h8,11H,4-7H2,1-2H3. The molecular weight excluding hydrogens is 180 g/mol. The van der Waals surface area contributed by atoms with Gasteiger partial charge in [-0.1, -0.05) is 0 Å². The summed E-state index contributed by atoms with van der Waals surface area (Å²) >= 11 is 0. The Balaban J connectivity index is 2.63. The number of hydrogen-bond acceptors (Lipinski definition) is 4. The molecule has 5 nitrogen and oxygen atoms in total. The van der Waals surface area contributed by atoms with E-state index in [-0.39, 0.29) is 11.9 Å². The highest BCUT2D eigenvalue weighted by molar-refractivity contribution is 5.81. The van der Waals surface area contributed by atoms with E-state index in [1.807, 2.05) is 4.90 Å². The van der Waals surface area contributed by atoms with E-state index in [1.54, 1.807) is 19.0 Å². The number of nitriles is 1. The highest BCUT2D eigenvalue weighted by Gasteiger charge is 2.29. The molecule has 1 aliphatic rings. The van der Waals surface area contributed by atoms with Crippen LogP contribution in [0, 0.1) is 11.3 Å². The van der Waals surface area contributed by atoms with E-state index in [9.17, 15) is 4.79 Å². The number of nitrogens with zero attached hydrogens (tertiary/aromatic N) is 3. The fourth-order valence-corrected chi connectivity index (χ4v) is 1.57. The van der Waals surface area contributed by atoms with Crippen molar-refractivity contribution >= 4 is 5.91 Å². The summed E-state index contributed by atoms with van der Waals surface area (Å²) in [5, 5.41) is 11.8. The smallest absolute Gasteiger partial charge is 0.240 e. The number of nitrogens with one attached hydrogen (secondary N) is 1. The monoisotopic (exact) mass is 196 g/mol. The summed E-state index contributed by atoms with van der Waals surface area (Å²) in [6.45, 7) is 2.57. The lowest BCUT2D eigenvalue weighted by Crippen LogP contribution is -2.57. The van der Waals surface area contributed by atoms with Crippen LogP contribution in [0.1, 0.15) is 0 Å². The number of carbonyl (C=O) groups excluding carboxylic acids is 1. The topological polar surface area (TPSA) is 59.4 Å². The molecule has 0 aromatic rings. The van der Waals surface area contributed by atoms with Gasteiger partial charge in [-0.05, 0) is 0 Å². The normalized spacial score (nSPS) is 22.8. The number of likely N-dealkylation sites (N-methyl/N-ethyl adjacent to an activating group) is 1. The molecule has 1 aliphatic heterocycles. The van der Waals surface area contributed by atoms with Crippen molar-refractivity contribution in [2.24, 2.45) is 0 Å². The van der Waals surface area contributed by atoms with Gasteiger partial charge >= 0.3 is 0 Å². The van der Waals surface area contributed by atoms with Crippen molar-refractivity contribution in [1.29, 1.82) is 5.26 Å². The van der Waals surface area contributed by atoms with E-state index in [2.05, 4.69) is 11.4 Å². The summed E-state index contributed by atoms with van der Waals surface area (Å²) in [4.78, 5) is 15.2. The third-order valence-electron chi connectivity index (χ3n) is 2.35. The largest absolute Gasteiger partial charge is 0.347 e. The Morgan fingerprint density at radius 3 is 3.00 bits per heavy atom. The molecule has 0 spiro atoms. The van der Waals surface area contributed by atoms with Gasteiger partial charge in [0.25, 0.3) is 0 Å². The van der Waals surface area contributed by atoms with E-state index in [1.165, 1.54) is 0 Å². The molecule has 0 bridgehead atoms. The molecule has 78 valence electrons. The lowest BCUT2D eigenvalue weighted by atomic mass is 10.1. The molecule has 5 heteroatoms. The first-order valence-electron chi connectivity index (χ1n) is 4.69. The van der Waals surface area contributed by atoms with Gasteiger partial charge in [0.15, 0.2) is 0 Å². The second kappa shape index (κ2) is 4.94. The molecule has 0 radical (unpaired) electrons. The van der Waals surface area contributed by atoms with Gasteiger partial charge in [0, 0.05) is 33.7 Å². The molecule has 1 saturated heterocycles. The lowest BCUT2D eigenvalue weighted by molar-refractivity contribution is -0.134. The molecule has 1 fully saturated rings. The van der Waals surface area contributed by atoms with Gasteiger partial charge in [-0.2, -0.15) is 5.26 Å². The van der Waals surface area contributed by atoms with Crippen LogP contribution in [0.15, 0.2) is 0 Å². The summed E-state index contributed by atoms with van der Waals surface area (Å²) < 4.78 is 0. The van der Waals surface area contributed by atoms with Crippen LogP contribution in [0.2, 0.25) is 0 Å². The maximum atomic E-state index is 11.7. The number of carbonyl (C=O) groups is 1. The molecule has 1 amide bonds. The van der Waals surface area contributed by atoms with Gasteiger partial charge in [0.1, 0.15) is 6.04 Å². The molecule has 0 saturated carbocycles. The van der Waals surface area contributed by atoms with Crippen molar-refractivity contribution in [3.8, 4) is 6.07 Å².